The van der Waals surface area contributed by atoms with Gasteiger partial charge in [0.25, 0.3) is 5.91 Å². The zero-order valence-corrected chi connectivity index (χ0v) is 14.7. The number of carbonyl (C=O) groups excluding carboxylic acids is 1. The maximum Gasteiger partial charge on any atom is 0.261 e. The smallest absolute Gasteiger partial charge is 0.261 e. The van der Waals surface area contributed by atoms with Gasteiger partial charge in [-0.2, -0.15) is 5.10 Å². The van der Waals surface area contributed by atoms with Crippen LogP contribution in [0.5, 0.6) is 0 Å². The van der Waals surface area contributed by atoms with Crippen molar-refractivity contribution in [2.24, 2.45) is 0 Å². The second-order valence-corrected chi connectivity index (χ2v) is 7.23. The lowest BCUT2D eigenvalue weighted by molar-refractivity contribution is 0.0954. The average Bonchev–Trinajstić information content (AvgIpc) is 3.41. The minimum absolute atomic E-state index is 0.0511. The Kier molecular flexibility index (Phi) is 4.61. The molecule has 5 nitrogen and oxygen atoms in total. The summed E-state index contributed by atoms with van der Waals surface area (Å²) in [6.07, 6.45) is 6.61. The van der Waals surface area contributed by atoms with Crippen molar-refractivity contribution in [1.82, 2.24) is 20.1 Å². The Hall–Kier alpha value is -2.47. The molecule has 0 unspecified atom stereocenters. The van der Waals surface area contributed by atoms with Crippen LogP contribution in [0.25, 0.3) is 11.4 Å². The summed E-state index contributed by atoms with van der Waals surface area (Å²) < 4.78 is 2.11. The Morgan fingerprint density at radius 3 is 2.84 bits per heavy atom. The van der Waals surface area contributed by atoms with Crippen LogP contribution in [0.1, 0.15) is 47.1 Å². The quantitative estimate of drug-likeness (QED) is 0.753. The van der Waals surface area contributed by atoms with E-state index in [2.05, 4.69) is 21.0 Å². The van der Waals surface area contributed by atoms with E-state index in [1.807, 2.05) is 35.7 Å². The van der Waals surface area contributed by atoms with Gasteiger partial charge in [-0.3, -0.25) is 14.5 Å². The summed E-state index contributed by atoms with van der Waals surface area (Å²) in [6, 6.07) is 12.1. The number of amides is 1. The summed E-state index contributed by atoms with van der Waals surface area (Å²) in [5.41, 5.74) is 2.84. The van der Waals surface area contributed by atoms with E-state index in [1.54, 1.807) is 6.20 Å². The van der Waals surface area contributed by atoms with Crippen molar-refractivity contribution < 1.29 is 4.79 Å². The van der Waals surface area contributed by atoms with Crippen molar-refractivity contribution in [1.29, 1.82) is 0 Å². The minimum Gasteiger partial charge on any atom is -0.346 e. The Morgan fingerprint density at radius 1 is 1.24 bits per heavy atom. The Labute approximate surface area is 150 Å². The molecular weight excluding hydrogens is 332 g/mol. The number of nitrogens with one attached hydrogen (secondary N) is 1. The van der Waals surface area contributed by atoms with E-state index in [9.17, 15) is 4.79 Å². The molecule has 0 aliphatic heterocycles. The Balaban J connectivity index is 1.57. The number of rotatable bonds is 5. The Bertz CT molecular complexity index is 836. The third-order valence-corrected chi connectivity index (χ3v) is 5.43. The second kappa shape index (κ2) is 7.19. The van der Waals surface area contributed by atoms with E-state index in [-0.39, 0.29) is 5.91 Å². The van der Waals surface area contributed by atoms with Gasteiger partial charge in [-0.05, 0) is 42.5 Å². The van der Waals surface area contributed by atoms with Crippen LogP contribution in [0.3, 0.4) is 0 Å². The first-order chi connectivity index (χ1) is 12.3. The zero-order valence-electron chi connectivity index (χ0n) is 13.9. The van der Waals surface area contributed by atoms with Crippen molar-refractivity contribution in [2.75, 3.05) is 0 Å². The van der Waals surface area contributed by atoms with Gasteiger partial charge < -0.3 is 5.32 Å². The molecule has 1 saturated carbocycles. The molecule has 1 N–H and O–H groups in total. The monoisotopic (exact) mass is 352 g/mol. The van der Waals surface area contributed by atoms with Gasteiger partial charge in [-0.15, -0.1) is 11.3 Å². The second-order valence-electron chi connectivity index (χ2n) is 6.28. The third kappa shape index (κ3) is 3.49. The number of nitrogens with zero attached hydrogens (tertiary/aromatic N) is 3. The molecule has 0 aromatic carbocycles. The first kappa shape index (κ1) is 16.0. The summed E-state index contributed by atoms with van der Waals surface area (Å²) in [4.78, 5) is 17.4. The van der Waals surface area contributed by atoms with E-state index in [4.69, 9.17) is 5.10 Å². The summed E-state index contributed by atoms with van der Waals surface area (Å²) in [5, 5.41) is 9.65. The average molecular weight is 352 g/mol. The van der Waals surface area contributed by atoms with Crippen molar-refractivity contribution >= 4 is 17.2 Å². The van der Waals surface area contributed by atoms with Crippen molar-refractivity contribution in [2.45, 2.75) is 38.3 Å². The van der Waals surface area contributed by atoms with Gasteiger partial charge in [0.05, 0.1) is 34.5 Å². The van der Waals surface area contributed by atoms with Gasteiger partial charge in [0.15, 0.2) is 0 Å². The van der Waals surface area contributed by atoms with Gasteiger partial charge in [0.2, 0.25) is 0 Å². The van der Waals surface area contributed by atoms with Crippen LogP contribution >= 0.6 is 11.3 Å². The lowest BCUT2D eigenvalue weighted by Gasteiger charge is -2.13. The maximum atomic E-state index is 12.1. The predicted octanol–water partition coefficient (Wildman–Crippen LogP) is 4.05. The van der Waals surface area contributed by atoms with Crippen molar-refractivity contribution in [3.8, 4) is 11.4 Å². The number of hydrogen-bond donors (Lipinski definition) is 1. The van der Waals surface area contributed by atoms with Crippen molar-refractivity contribution in [3.63, 3.8) is 0 Å². The van der Waals surface area contributed by atoms with E-state index >= 15 is 0 Å². The molecule has 25 heavy (non-hydrogen) atoms. The zero-order chi connectivity index (χ0) is 17.1. The van der Waals surface area contributed by atoms with Crippen molar-refractivity contribution in [3.05, 3.63) is 58.5 Å². The van der Waals surface area contributed by atoms with Crippen LogP contribution in [0.15, 0.2) is 48.0 Å². The predicted molar refractivity (Wildman–Crippen MR) is 98.5 cm³/mol. The highest BCUT2D eigenvalue weighted by atomic mass is 32.1. The lowest BCUT2D eigenvalue weighted by atomic mass is 10.2. The number of pyridine rings is 1. The highest BCUT2D eigenvalue weighted by Gasteiger charge is 2.22. The molecule has 0 atom stereocenters. The molecule has 128 valence electrons. The summed E-state index contributed by atoms with van der Waals surface area (Å²) in [5.74, 6) is -0.0511. The molecule has 6 heteroatoms. The molecule has 1 amide bonds. The molecule has 3 aromatic rings. The number of aromatic nitrogens is 3. The highest BCUT2D eigenvalue weighted by Crippen LogP contribution is 2.33. The summed E-state index contributed by atoms with van der Waals surface area (Å²) in [7, 11) is 0. The Morgan fingerprint density at radius 2 is 2.12 bits per heavy atom. The van der Waals surface area contributed by atoms with Gasteiger partial charge in [0, 0.05) is 6.20 Å². The van der Waals surface area contributed by atoms with Crippen LogP contribution in [0.4, 0.5) is 0 Å². The van der Waals surface area contributed by atoms with E-state index in [1.165, 1.54) is 24.2 Å². The first-order valence-corrected chi connectivity index (χ1v) is 9.51. The van der Waals surface area contributed by atoms with Gasteiger partial charge >= 0.3 is 0 Å². The summed E-state index contributed by atoms with van der Waals surface area (Å²) >= 11 is 1.44. The fourth-order valence-electron chi connectivity index (χ4n) is 3.33. The fourth-order valence-corrected chi connectivity index (χ4v) is 3.97. The van der Waals surface area contributed by atoms with Gasteiger partial charge in [-0.1, -0.05) is 25.0 Å². The molecule has 0 saturated heterocycles. The topological polar surface area (TPSA) is 59.8 Å². The molecule has 3 heterocycles. The van der Waals surface area contributed by atoms with Gasteiger partial charge in [-0.25, -0.2) is 0 Å². The summed E-state index contributed by atoms with van der Waals surface area (Å²) in [6.45, 7) is 0.427. The van der Waals surface area contributed by atoms with Crippen LogP contribution < -0.4 is 5.32 Å². The van der Waals surface area contributed by atoms with Gasteiger partial charge in [0.1, 0.15) is 0 Å². The SMILES string of the molecule is O=C(NCc1cc(-c2ccccn2)n(C2CCCC2)n1)c1cccs1. The van der Waals surface area contributed by atoms with E-state index < -0.39 is 0 Å². The minimum atomic E-state index is -0.0511. The van der Waals surface area contributed by atoms with Crippen LogP contribution in [0.2, 0.25) is 0 Å². The van der Waals surface area contributed by atoms with E-state index in [0.717, 1.165) is 34.8 Å². The molecule has 4 rings (SSSR count). The van der Waals surface area contributed by atoms with Crippen LogP contribution in [0, 0.1) is 0 Å². The molecular formula is C19H20N4OS. The van der Waals surface area contributed by atoms with Crippen LogP contribution in [-0.4, -0.2) is 20.7 Å². The largest absolute Gasteiger partial charge is 0.346 e. The molecule has 0 radical (unpaired) electrons. The molecule has 3 aromatic heterocycles. The lowest BCUT2D eigenvalue weighted by Crippen LogP contribution is -2.22. The standard InChI is InChI=1S/C19H20N4OS/c24-19(18-9-5-11-25-18)21-13-14-12-17(16-8-3-4-10-20-16)23(22-14)15-6-1-2-7-15/h3-5,8-12,15H,1-2,6-7,13H2,(H,21,24). The van der Waals surface area contributed by atoms with E-state index in [0.29, 0.717) is 12.6 Å². The maximum absolute atomic E-state index is 12.1. The molecule has 1 aliphatic carbocycles. The normalized spacial score (nSPS) is 14.7. The molecule has 0 bridgehead atoms. The third-order valence-electron chi connectivity index (χ3n) is 4.56. The van der Waals surface area contributed by atoms with Crippen LogP contribution in [-0.2, 0) is 6.54 Å². The number of hydrogen-bond acceptors (Lipinski definition) is 4. The first-order valence-electron chi connectivity index (χ1n) is 8.63. The number of carbonyl (C=O) groups is 1. The molecule has 1 aliphatic rings. The fraction of sp³-hybridized carbons (Fsp3) is 0.316. The molecule has 0 spiro atoms. The number of thiophene rings is 1. The highest BCUT2D eigenvalue weighted by molar-refractivity contribution is 7.12. The molecule has 1 fully saturated rings.